The average Bonchev–Trinajstić information content (AvgIpc) is 3.48. The Hall–Kier alpha value is -4.17. The van der Waals surface area contributed by atoms with Gasteiger partial charge in [0.1, 0.15) is 35.9 Å². The van der Waals surface area contributed by atoms with Crippen molar-refractivity contribution in [2.45, 2.75) is 31.0 Å². The Morgan fingerprint density at radius 2 is 1.69 bits per heavy atom. The number of carbonyl (C=O) groups is 3. The summed E-state index contributed by atoms with van der Waals surface area (Å²) in [5, 5.41) is 12.5. The van der Waals surface area contributed by atoms with Crippen molar-refractivity contribution in [2.75, 3.05) is 13.2 Å². The summed E-state index contributed by atoms with van der Waals surface area (Å²) in [4.78, 5) is 40.6. The lowest BCUT2D eigenvalue weighted by Gasteiger charge is -2.27. The van der Waals surface area contributed by atoms with Crippen LogP contribution in [0.4, 0.5) is 0 Å². The molecule has 2 N–H and O–H groups in total. The van der Waals surface area contributed by atoms with Gasteiger partial charge in [-0.1, -0.05) is 30.3 Å². The number of ketones is 1. The van der Waals surface area contributed by atoms with Gasteiger partial charge in [0.05, 0.1) is 6.10 Å². The minimum atomic E-state index is -0.894. The molecule has 3 unspecified atom stereocenters. The molecule has 2 amide bonds. The molecule has 2 heterocycles. The predicted molar refractivity (Wildman–Crippen MR) is 131 cm³/mol. The zero-order valence-corrected chi connectivity index (χ0v) is 19.5. The van der Waals surface area contributed by atoms with E-state index in [9.17, 15) is 19.5 Å². The first-order valence-electron chi connectivity index (χ1n) is 11.8. The highest BCUT2D eigenvalue weighted by Gasteiger charge is 2.48. The van der Waals surface area contributed by atoms with Gasteiger partial charge >= 0.3 is 0 Å². The molecule has 3 atom stereocenters. The molecule has 0 aromatic heterocycles. The molecule has 5 rings (SSSR count). The van der Waals surface area contributed by atoms with E-state index in [2.05, 4.69) is 5.32 Å². The van der Waals surface area contributed by atoms with Crippen molar-refractivity contribution in [2.24, 2.45) is 0 Å². The van der Waals surface area contributed by atoms with E-state index in [4.69, 9.17) is 9.47 Å². The van der Waals surface area contributed by atoms with Gasteiger partial charge in [0, 0.05) is 18.5 Å². The molecule has 36 heavy (non-hydrogen) atoms. The molecule has 8 heteroatoms. The standard InChI is InChI=1S/C28H26N2O6/c31-20-10-6-18(7-11-20)16-23(28(34)30-15-14-25-26(30)24(32)17-35-25)29-27(33)19-8-12-22(13-9-19)36-21-4-2-1-3-5-21/h1-13,23,25-26,31H,14-17H2,(H,29,33). The molecule has 0 saturated carbocycles. The lowest BCUT2D eigenvalue weighted by atomic mass is 10.0. The maximum Gasteiger partial charge on any atom is 0.251 e. The number of amides is 2. The molecule has 0 radical (unpaired) electrons. The van der Waals surface area contributed by atoms with E-state index >= 15 is 0 Å². The molecule has 2 saturated heterocycles. The number of hydrogen-bond acceptors (Lipinski definition) is 6. The predicted octanol–water partition coefficient (Wildman–Crippen LogP) is 3.09. The van der Waals surface area contributed by atoms with Crippen LogP contribution in [-0.4, -0.2) is 58.9 Å². The van der Waals surface area contributed by atoms with E-state index < -0.39 is 18.0 Å². The number of ether oxygens (including phenoxy) is 2. The third kappa shape index (κ3) is 5.08. The molecule has 3 aromatic rings. The number of nitrogens with zero attached hydrogens (tertiary/aromatic N) is 1. The van der Waals surface area contributed by atoms with Gasteiger partial charge in [0.15, 0.2) is 5.78 Å². The van der Waals surface area contributed by atoms with Gasteiger partial charge in [-0.25, -0.2) is 0 Å². The van der Waals surface area contributed by atoms with Crippen molar-refractivity contribution in [1.29, 1.82) is 0 Å². The number of rotatable bonds is 7. The van der Waals surface area contributed by atoms with Gasteiger partial charge in [0.25, 0.3) is 5.91 Å². The van der Waals surface area contributed by atoms with Gasteiger partial charge in [-0.05, 0) is 60.5 Å². The van der Waals surface area contributed by atoms with Crippen LogP contribution in [-0.2, 0) is 20.7 Å². The summed E-state index contributed by atoms with van der Waals surface area (Å²) in [7, 11) is 0. The number of benzene rings is 3. The zero-order valence-electron chi connectivity index (χ0n) is 19.5. The van der Waals surface area contributed by atoms with E-state index in [1.807, 2.05) is 30.3 Å². The topological polar surface area (TPSA) is 105 Å². The summed E-state index contributed by atoms with van der Waals surface area (Å²) < 4.78 is 11.3. The average molecular weight is 487 g/mol. The quantitative estimate of drug-likeness (QED) is 0.532. The molecule has 3 aromatic carbocycles. The number of phenols is 1. The second-order valence-electron chi connectivity index (χ2n) is 8.92. The summed E-state index contributed by atoms with van der Waals surface area (Å²) in [5.74, 6) is 0.519. The second kappa shape index (κ2) is 10.2. The Morgan fingerprint density at radius 3 is 2.42 bits per heavy atom. The third-order valence-electron chi connectivity index (χ3n) is 6.47. The van der Waals surface area contributed by atoms with Gasteiger partial charge < -0.3 is 24.8 Å². The Morgan fingerprint density at radius 1 is 1.00 bits per heavy atom. The van der Waals surface area contributed by atoms with E-state index in [-0.39, 0.29) is 36.6 Å². The minimum Gasteiger partial charge on any atom is -0.508 e. The number of phenolic OH excluding ortho intramolecular Hbond substituents is 1. The van der Waals surface area contributed by atoms with Crippen LogP contribution in [0, 0.1) is 0 Å². The summed E-state index contributed by atoms with van der Waals surface area (Å²) in [6, 6.07) is 20.9. The van der Waals surface area contributed by atoms with Crippen LogP contribution in [0.2, 0.25) is 0 Å². The zero-order chi connectivity index (χ0) is 25.1. The first kappa shape index (κ1) is 23.6. The second-order valence-corrected chi connectivity index (χ2v) is 8.92. The van der Waals surface area contributed by atoms with Gasteiger partial charge in [-0.2, -0.15) is 0 Å². The Balaban J connectivity index is 1.32. The van der Waals surface area contributed by atoms with Crippen LogP contribution in [0.15, 0.2) is 78.9 Å². The van der Waals surface area contributed by atoms with Crippen molar-refractivity contribution in [3.8, 4) is 17.2 Å². The molecule has 0 spiro atoms. The van der Waals surface area contributed by atoms with Crippen molar-refractivity contribution in [3.05, 3.63) is 90.0 Å². The number of carbonyl (C=O) groups excluding carboxylic acids is 3. The molecule has 0 aliphatic carbocycles. The molecular formula is C28H26N2O6. The molecule has 2 aliphatic rings. The lowest BCUT2D eigenvalue weighted by molar-refractivity contribution is -0.138. The van der Waals surface area contributed by atoms with E-state index in [0.717, 1.165) is 5.56 Å². The van der Waals surface area contributed by atoms with E-state index in [1.165, 1.54) is 17.0 Å². The number of hydrogen-bond donors (Lipinski definition) is 2. The molecular weight excluding hydrogens is 460 g/mol. The van der Waals surface area contributed by atoms with Crippen molar-refractivity contribution < 1.29 is 29.0 Å². The normalized spacial score (nSPS) is 19.6. The van der Waals surface area contributed by atoms with Gasteiger partial charge in [0.2, 0.25) is 5.91 Å². The number of likely N-dealkylation sites (tertiary alicyclic amines) is 1. The summed E-state index contributed by atoms with van der Waals surface area (Å²) in [6.45, 7) is 0.402. The maximum absolute atomic E-state index is 13.6. The van der Waals surface area contributed by atoms with Crippen molar-refractivity contribution in [1.82, 2.24) is 10.2 Å². The number of Topliss-reactive ketones (excluding diaryl/α,β-unsaturated/α-hetero) is 1. The number of fused-ring (bicyclic) bond motifs is 1. The largest absolute Gasteiger partial charge is 0.508 e. The van der Waals surface area contributed by atoms with Crippen LogP contribution in [0.25, 0.3) is 0 Å². The fourth-order valence-corrected chi connectivity index (χ4v) is 4.65. The molecule has 8 nitrogen and oxygen atoms in total. The van der Waals surface area contributed by atoms with E-state index in [1.54, 1.807) is 36.4 Å². The molecule has 2 fully saturated rings. The van der Waals surface area contributed by atoms with Gasteiger partial charge in [-0.15, -0.1) is 0 Å². The van der Waals surface area contributed by atoms with Crippen LogP contribution < -0.4 is 10.1 Å². The number of para-hydroxylation sites is 1. The van der Waals surface area contributed by atoms with Crippen LogP contribution >= 0.6 is 0 Å². The van der Waals surface area contributed by atoms with Crippen LogP contribution in [0.1, 0.15) is 22.3 Å². The molecule has 0 bridgehead atoms. The summed E-state index contributed by atoms with van der Waals surface area (Å²) >= 11 is 0. The fourth-order valence-electron chi connectivity index (χ4n) is 4.65. The highest BCUT2D eigenvalue weighted by molar-refractivity contribution is 5.99. The van der Waals surface area contributed by atoms with E-state index in [0.29, 0.717) is 30.0 Å². The fraction of sp³-hybridized carbons (Fsp3) is 0.250. The Bertz CT molecular complexity index is 1240. The monoisotopic (exact) mass is 486 g/mol. The Kier molecular flexibility index (Phi) is 6.69. The Labute approximate surface area is 208 Å². The minimum absolute atomic E-state index is 0.00546. The first-order valence-corrected chi connectivity index (χ1v) is 11.8. The third-order valence-corrected chi connectivity index (χ3v) is 6.47. The van der Waals surface area contributed by atoms with Crippen LogP contribution in [0.5, 0.6) is 17.2 Å². The highest BCUT2D eigenvalue weighted by Crippen LogP contribution is 2.28. The SMILES string of the molecule is O=C(NC(Cc1ccc(O)cc1)C(=O)N1CCC2OCC(=O)C21)c1ccc(Oc2ccccc2)cc1. The van der Waals surface area contributed by atoms with Crippen LogP contribution in [0.3, 0.4) is 0 Å². The summed E-state index contributed by atoms with van der Waals surface area (Å²) in [5.41, 5.74) is 1.14. The number of aromatic hydroxyl groups is 1. The smallest absolute Gasteiger partial charge is 0.251 e. The maximum atomic E-state index is 13.6. The highest BCUT2D eigenvalue weighted by atomic mass is 16.5. The number of nitrogens with one attached hydrogen (secondary N) is 1. The molecule has 2 aliphatic heterocycles. The first-order chi connectivity index (χ1) is 17.5. The van der Waals surface area contributed by atoms with Gasteiger partial charge in [-0.3, -0.25) is 14.4 Å². The lowest BCUT2D eigenvalue weighted by Crippen LogP contribution is -2.53. The van der Waals surface area contributed by atoms with Crippen molar-refractivity contribution in [3.63, 3.8) is 0 Å². The van der Waals surface area contributed by atoms with Crippen molar-refractivity contribution >= 4 is 17.6 Å². The summed E-state index contributed by atoms with van der Waals surface area (Å²) in [6.07, 6.45) is 0.511. The molecule has 184 valence electrons.